The van der Waals surface area contributed by atoms with Gasteiger partial charge in [0.05, 0.1) is 6.33 Å². The predicted molar refractivity (Wildman–Crippen MR) is 42.5 cm³/mol. The van der Waals surface area contributed by atoms with Crippen LogP contribution >= 0.6 is 0 Å². The van der Waals surface area contributed by atoms with Gasteiger partial charge < -0.3 is 4.57 Å². The van der Waals surface area contributed by atoms with E-state index in [-0.39, 0.29) is 0 Å². The van der Waals surface area contributed by atoms with Crippen LogP contribution in [0.15, 0.2) is 24.8 Å². The third-order valence-electron chi connectivity index (χ3n) is 1.26. The number of hydrogen-bond donors (Lipinski definition) is 0. The number of unbranched alkanes of at least 4 members (excludes halogenated alkanes) is 1. The Bertz CT molecular complexity index is 187. The Morgan fingerprint density at radius 1 is 1.60 bits per heavy atom. The topological polar surface area (TPSA) is 17.8 Å². The largest absolute Gasteiger partial charge is 0.313 e. The molecule has 2 heteroatoms. The first-order chi connectivity index (χ1) is 4.93. The SMILES string of the molecule is CCC/C=C/n1ccnc1. The lowest BCUT2D eigenvalue weighted by atomic mass is 10.3. The second-order valence-corrected chi connectivity index (χ2v) is 2.18. The van der Waals surface area contributed by atoms with E-state index in [1.165, 1.54) is 6.42 Å². The van der Waals surface area contributed by atoms with E-state index in [0.29, 0.717) is 0 Å². The van der Waals surface area contributed by atoms with Crippen LogP contribution in [0.25, 0.3) is 6.20 Å². The lowest BCUT2D eigenvalue weighted by Crippen LogP contribution is -1.77. The van der Waals surface area contributed by atoms with Gasteiger partial charge in [-0.25, -0.2) is 4.98 Å². The Labute approximate surface area is 61.2 Å². The van der Waals surface area contributed by atoms with Gasteiger partial charge in [0, 0.05) is 18.6 Å². The molecule has 0 atom stereocenters. The van der Waals surface area contributed by atoms with E-state index < -0.39 is 0 Å². The number of imidazole rings is 1. The molecular formula is C8H12N2. The van der Waals surface area contributed by atoms with E-state index in [0.717, 1.165) is 6.42 Å². The van der Waals surface area contributed by atoms with Crippen LogP contribution in [0.5, 0.6) is 0 Å². The lowest BCUT2D eigenvalue weighted by Gasteiger charge is -1.87. The fourth-order valence-corrected chi connectivity index (χ4v) is 0.721. The van der Waals surface area contributed by atoms with Crippen molar-refractivity contribution in [3.05, 3.63) is 24.8 Å². The quantitative estimate of drug-likeness (QED) is 0.622. The van der Waals surface area contributed by atoms with Gasteiger partial charge in [-0.3, -0.25) is 0 Å². The molecule has 0 unspecified atom stereocenters. The summed E-state index contributed by atoms with van der Waals surface area (Å²) in [5, 5.41) is 0. The van der Waals surface area contributed by atoms with Gasteiger partial charge in [0.1, 0.15) is 0 Å². The van der Waals surface area contributed by atoms with Gasteiger partial charge in [-0.05, 0) is 6.42 Å². The molecule has 0 saturated carbocycles. The molecule has 1 heterocycles. The monoisotopic (exact) mass is 136 g/mol. The molecule has 0 aliphatic carbocycles. The zero-order valence-corrected chi connectivity index (χ0v) is 6.20. The van der Waals surface area contributed by atoms with Gasteiger partial charge in [-0.15, -0.1) is 0 Å². The van der Waals surface area contributed by atoms with E-state index in [2.05, 4.69) is 18.0 Å². The molecule has 2 nitrogen and oxygen atoms in total. The lowest BCUT2D eigenvalue weighted by molar-refractivity contribution is 0.955. The minimum absolute atomic E-state index is 1.14. The van der Waals surface area contributed by atoms with Crippen LogP contribution in [0.2, 0.25) is 0 Å². The molecule has 1 aromatic rings. The van der Waals surface area contributed by atoms with Gasteiger partial charge in [-0.2, -0.15) is 0 Å². The third-order valence-corrected chi connectivity index (χ3v) is 1.26. The molecule has 0 fully saturated rings. The van der Waals surface area contributed by atoms with Gasteiger partial charge >= 0.3 is 0 Å². The minimum Gasteiger partial charge on any atom is -0.313 e. The molecule has 0 N–H and O–H groups in total. The van der Waals surface area contributed by atoms with Crippen molar-refractivity contribution < 1.29 is 0 Å². The van der Waals surface area contributed by atoms with Crippen LogP contribution in [-0.2, 0) is 0 Å². The Balaban J connectivity index is 2.40. The van der Waals surface area contributed by atoms with Crippen molar-refractivity contribution in [1.82, 2.24) is 9.55 Å². The number of rotatable bonds is 3. The summed E-state index contributed by atoms with van der Waals surface area (Å²) in [5.74, 6) is 0. The summed E-state index contributed by atoms with van der Waals surface area (Å²) < 4.78 is 1.94. The molecule has 0 amide bonds. The highest BCUT2D eigenvalue weighted by molar-refractivity contribution is 5.20. The van der Waals surface area contributed by atoms with Gasteiger partial charge in [0.15, 0.2) is 0 Å². The highest BCUT2D eigenvalue weighted by atomic mass is 15.0. The van der Waals surface area contributed by atoms with Crippen molar-refractivity contribution >= 4 is 6.20 Å². The van der Waals surface area contributed by atoms with Crippen molar-refractivity contribution in [2.24, 2.45) is 0 Å². The van der Waals surface area contributed by atoms with Crippen LogP contribution in [0.1, 0.15) is 19.8 Å². The Morgan fingerprint density at radius 3 is 3.10 bits per heavy atom. The fourth-order valence-electron chi connectivity index (χ4n) is 0.721. The van der Waals surface area contributed by atoms with Crippen molar-refractivity contribution in [2.45, 2.75) is 19.8 Å². The maximum absolute atomic E-state index is 3.91. The minimum atomic E-state index is 1.14. The highest BCUT2D eigenvalue weighted by Gasteiger charge is 1.78. The molecular weight excluding hydrogens is 124 g/mol. The van der Waals surface area contributed by atoms with E-state index >= 15 is 0 Å². The van der Waals surface area contributed by atoms with Crippen LogP contribution < -0.4 is 0 Å². The molecule has 0 saturated heterocycles. The first-order valence-electron chi connectivity index (χ1n) is 3.57. The fraction of sp³-hybridized carbons (Fsp3) is 0.375. The van der Waals surface area contributed by atoms with E-state index in [9.17, 15) is 0 Å². The van der Waals surface area contributed by atoms with Crippen molar-refractivity contribution in [2.75, 3.05) is 0 Å². The summed E-state index contributed by atoms with van der Waals surface area (Å²) in [5.41, 5.74) is 0. The molecule has 0 radical (unpaired) electrons. The number of nitrogens with zero attached hydrogens (tertiary/aromatic N) is 2. The first kappa shape index (κ1) is 7.06. The molecule has 10 heavy (non-hydrogen) atoms. The molecule has 0 aromatic carbocycles. The summed E-state index contributed by atoms with van der Waals surface area (Å²) in [6.45, 7) is 2.16. The van der Waals surface area contributed by atoms with Crippen LogP contribution in [-0.4, -0.2) is 9.55 Å². The van der Waals surface area contributed by atoms with Gasteiger partial charge in [0.2, 0.25) is 0 Å². The standard InChI is InChI=1S/C8H12N2/c1-2-3-4-6-10-7-5-9-8-10/h4-8H,2-3H2,1H3/b6-4+. The second kappa shape index (κ2) is 3.88. The van der Waals surface area contributed by atoms with Gasteiger partial charge in [0.25, 0.3) is 0 Å². The molecule has 1 rings (SSSR count). The number of aromatic nitrogens is 2. The maximum Gasteiger partial charge on any atom is 0.0986 e. The molecule has 1 aromatic heterocycles. The van der Waals surface area contributed by atoms with E-state index in [1.807, 2.05) is 17.0 Å². The molecule has 0 spiro atoms. The first-order valence-corrected chi connectivity index (χ1v) is 3.57. The zero-order chi connectivity index (χ0) is 7.23. The van der Waals surface area contributed by atoms with Crippen molar-refractivity contribution in [3.63, 3.8) is 0 Å². The summed E-state index contributed by atoms with van der Waals surface area (Å²) in [6.07, 6.45) is 12.0. The second-order valence-electron chi connectivity index (χ2n) is 2.18. The summed E-state index contributed by atoms with van der Waals surface area (Å²) in [4.78, 5) is 3.91. The van der Waals surface area contributed by atoms with Crippen LogP contribution in [0.3, 0.4) is 0 Å². The molecule has 0 bridgehead atoms. The summed E-state index contributed by atoms with van der Waals surface area (Å²) in [7, 11) is 0. The van der Waals surface area contributed by atoms with Crippen LogP contribution in [0, 0.1) is 0 Å². The highest BCUT2D eigenvalue weighted by Crippen LogP contribution is 1.92. The van der Waals surface area contributed by atoms with Gasteiger partial charge in [-0.1, -0.05) is 19.4 Å². The summed E-state index contributed by atoms with van der Waals surface area (Å²) in [6, 6.07) is 0. The van der Waals surface area contributed by atoms with Crippen molar-refractivity contribution in [3.8, 4) is 0 Å². The third kappa shape index (κ3) is 2.05. The predicted octanol–water partition coefficient (Wildman–Crippen LogP) is 2.15. The van der Waals surface area contributed by atoms with E-state index in [4.69, 9.17) is 0 Å². The van der Waals surface area contributed by atoms with E-state index in [1.54, 1.807) is 12.5 Å². The average Bonchev–Trinajstić information content (AvgIpc) is 2.41. The molecule has 0 aliphatic rings. The Hall–Kier alpha value is -1.05. The zero-order valence-electron chi connectivity index (χ0n) is 6.20. The molecule has 0 aliphatic heterocycles. The van der Waals surface area contributed by atoms with Crippen LogP contribution in [0.4, 0.5) is 0 Å². The molecule has 54 valence electrons. The average molecular weight is 136 g/mol. The summed E-state index contributed by atoms with van der Waals surface area (Å²) >= 11 is 0. The Morgan fingerprint density at radius 2 is 2.50 bits per heavy atom. The number of allylic oxidation sites excluding steroid dienone is 1. The normalized spacial score (nSPS) is 10.9. The maximum atomic E-state index is 3.91. The van der Waals surface area contributed by atoms with Crippen molar-refractivity contribution in [1.29, 1.82) is 0 Å². The Kier molecular flexibility index (Phi) is 2.74. The smallest absolute Gasteiger partial charge is 0.0986 e. The number of hydrogen-bond acceptors (Lipinski definition) is 1.